The van der Waals surface area contributed by atoms with Crippen molar-refractivity contribution in [1.82, 2.24) is 0 Å². The van der Waals surface area contributed by atoms with Gasteiger partial charge in [-0.25, -0.2) is 4.79 Å². The highest BCUT2D eigenvalue weighted by Crippen LogP contribution is 2.30. The highest BCUT2D eigenvalue weighted by Gasteiger charge is 2.22. The van der Waals surface area contributed by atoms with Crippen molar-refractivity contribution in [1.29, 1.82) is 0 Å². The van der Waals surface area contributed by atoms with E-state index in [4.69, 9.17) is 9.47 Å². The van der Waals surface area contributed by atoms with E-state index in [1.807, 2.05) is 6.08 Å². The molecule has 0 radical (unpaired) electrons. The van der Waals surface area contributed by atoms with Crippen molar-refractivity contribution in [2.45, 2.75) is 51.6 Å². The molecule has 0 saturated heterocycles. The summed E-state index contributed by atoms with van der Waals surface area (Å²) in [5.41, 5.74) is 0.424. The molecule has 0 saturated carbocycles. The van der Waals surface area contributed by atoms with E-state index in [1.54, 1.807) is 19.1 Å². The normalized spacial score (nSPS) is 11.5. The number of rotatable bonds is 12. The number of hydrogen-bond donors (Lipinski definition) is 1. The van der Waals surface area contributed by atoms with Crippen LogP contribution in [0, 0.1) is 0 Å². The van der Waals surface area contributed by atoms with Crippen LogP contribution >= 0.6 is 0 Å². The summed E-state index contributed by atoms with van der Waals surface area (Å²) in [7, 11) is 1.46. The van der Waals surface area contributed by atoms with Gasteiger partial charge in [0.15, 0.2) is 0 Å². The van der Waals surface area contributed by atoms with Gasteiger partial charge in [-0.3, -0.25) is 4.79 Å². The average molecular weight is 360 g/mol. The Morgan fingerprint density at radius 1 is 1.23 bits per heavy atom. The van der Waals surface area contributed by atoms with Crippen molar-refractivity contribution in [3.8, 4) is 11.5 Å². The second-order valence-corrected chi connectivity index (χ2v) is 6.17. The number of esters is 1. The number of methoxy groups -OCH3 is 1. The lowest BCUT2D eigenvalue weighted by Crippen LogP contribution is -2.17. The SMILES string of the molecule is C=CCCCCC(=O)Cc1cc(OC)cc(O)c1C(=O)O[C@H](C)CC=C. The molecule has 1 N–H and O–H groups in total. The molecule has 1 aromatic rings. The third-order valence-electron chi connectivity index (χ3n) is 3.92. The highest BCUT2D eigenvalue weighted by molar-refractivity contribution is 5.96. The average Bonchev–Trinajstić information content (AvgIpc) is 2.58. The van der Waals surface area contributed by atoms with E-state index in [2.05, 4.69) is 13.2 Å². The predicted octanol–water partition coefficient (Wildman–Crippen LogP) is 4.38. The van der Waals surface area contributed by atoms with Gasteiger partial charge in [-0.05, 0) is 37.8 Å². The molecule has 0 fully saturated rings. The maximum Gasteiger partial charge on any atom is 0.342 e. The summed E-state index contributed by atoms with van der Waals surface area (Å²) in [6, 6.07) is 2.93. The lowest BCUT2D eigenvalue weighted by Gasteiger charge is -2.16. The number of phenolic OH excluding ortho intramolecular Hbond substituents is 1. The van der Waals surface area contributed by atoms with Gasteiger partial charge in [-0.15, -0.1) is 13.2 Å². The number of phenols is 1. The number of Topliss-reactive ketones (excluding diaryl/α,β-unsaturated/α-hetero) is 1. The minimum atomic E-state index is -0.658. The number of benzene rings is 1. The lowest BCUT2D eigenvalue weighted by atomic mass is 9.98. The van der Waals surface area contributed by atoms with Gasteiger partial charge < -0.3 is 14.6 Å². The zero-order valence-electron chi connectivity index (χ0n) is 15.6. The Labute approximate surface area is 155 Å². The van der Waals surface area contributed by atoms with Gasteiger partial charge in [-0.2, -0.15) is 0 Å². The van der Waals surface area contributed by atoms with Crippen molar-refractivity contribution in [2.75, 3.05) is 7.11 Å². The lowest BCUT2D eigenvalue weighted by molar-refractivity contribution is -0.118. The summed E-state index contributed by atoms with van der Waals surface area (Å²) < 4.78 is 10.5. The molecular weight excluding hydrogens is 332 g/mol. The summed E-state index contributed by atoms with van der Waals surface area (Å²) >= 11 is 0. The number of aromatic hydroxyl groups is 1. The van der Waals surface area contributed by atoms with Crippen LogP contribution in [0.15, 0.2) is 37.4 Å². The zero-order chi connectivity index (χ0) is 19.5. The van der Waals surface area contributed by atoms with Gasteiger partial charge in [-0.1, -0.05) is 12.2 Å². The van der Waals surface area contributed by atoms with E-state index in [9.17, 15) is 14.7 Å². The molecule has 0 spiro atoms. The van der Waals surface area contributed by atoms with Gasteiger partial charge in [0.2, 0.25) is 0 Å². The number of hydrogen-bond acceptors (Lipinski definition) is 5. The second kappa shape index (κ2) is 11.1. The molecule has 1 aromatic carbocycles. The first-order valence-electron chi connectivity index (χ1n) is 8.77. The molecule has 0 unspecified atom stereocenters. The number of ether oxygens (including phenoxy) is 2. The minimum Gasteiger partial charge on any atom is -0.507 e. The Balaban J connectivity index is 2.98. The molecule has 5 heteroatoms. The Morgan fingerprint density at radius 3 is 2.58 bits per heavy atom. The first kappa shape index (κ1) is 21.5. The van der Waals surface area contributed by atoms with Crippen molar-refractivity contribution in [3.63, 3.8) is 0 Å². The quantitative estimate of drug-likeness (QED) is 0.340. The third-order valence-corrected chi connectivity index (χ3v) is 3.92. The van der Waals surface area contributed by atoms with Gasteiger partial charge in [0.1, 0.15) is 28.9 Å². The van der Waals surface area contributed by atoms with Crippen LogP contribution < -0.4 is 4.74 Å². The first-order chi connectivity index (χ1) is 12.4. The molecule has 0 heterocycles. The standard InChI is InChI=1S/C21H28O5/c1-5-7-8-9-11-17(22)12-16-13-18(25-4)14-19(23)20(16)21(24)26-15(3)10-6-2/h5-6,13-15,23H,1-2,7-12H2,3-4H3/t15-/m1/s1. The van der Waals surface area contributed by atoms with E-state index in [-0.39, 0.29) is 29.6 Å². The van der Waals surface area contributed by atoms with E-state index in [1.165, 1.54) is 13.2 Å². The van der Waals surface area contributed by atoms with E-state index in [0.29, 0.717) is 24.2 Å². The van der Waals surface area contributed by atoms with Crippen LogP contribution in [0.1, 0.15) is 54.9 Å². The molecule has 1 atom stereocenters. The van der Waals surface area contributed by atoms with Gasteiger partial charge in [0.25, 0.3) is 0 Å². The van der Waals surface area contributed by atoms with Gasteiger partial charge >= 0.3 is 5.97 Å². The van der Waals surface area contributed by atoms with Crippen LogP contribution in [0.2, 0.25) is 0 Å². The van der Waals surface area contributed by atoms with Crippen molar-refractivity contribution in [2.24, 2.45) is 0 Å². The number of unbranched alkanes of at least 4 members (excludes halogenated alkanes) is 2. The molecule has 0 aliphatic carbocycles. The predicted molar refractivity (Wildman–Crippen MR) is 102 cm³/mol. The molecule has 0 aromatic heterocycles. The Bertz CT molecular complexity index is 648. The highest BCUT2D eigenvalue weighted by atomic mass is 16.5. The summed E-state index contributed by atoms with van der Waals surface area (Å²) in [6.07, 6.45) is 6.58. The van der Waals surface area contributed by atoms with Gasteiger partial charge in [0, 0.05) is 25.3 Å². The molecule has 0 bridgehead atoms. The van der Waals surface area contributed by atoms with E-state index >= 15 is 0 Å². The number of allylic oxidation sites excluding steroid dienone is 1. The molecule has 5 nitrogen and oxygen atoms in total. The fourth-order valence-electron chi connectivity index (χ4n) is 2.59. The van der Waals surface area contributed by atoms with Crippen LogP contribution in [0.5, 0.6) is 11.5 Å². The van der Waals surface area contributed by atoms with Crippen LogP contribution in [-0.4, -0.2) is 30.1 Å². The summed E-state index contributed by atoms with van der Waals surface area (Å²) in [6.45, 7) is 9.01. The van der Waals surface area contributed by atoms with Gasteiger partial charge in [0.05, 0.1) is 7.11 Å². The maximum atomic E-state index is 12.5. The smallest absolute Gasteiger partial charge is 0.342 e. The van der Waals surface area contributed by atoms with Crippen molar-refractivity contribution >= 4 is 11.8 Å². The van der Waals surface area contributed by atoms with E-state index in [0.717, 1.165) is 19.3 Å². The molecule has 142 valence electrons. The van der Waals surface area contributed by atoms with Crippen LogP contribution in [-0.2, 0) is 16.0 Å². The Hall–Kier alpha value is -2.56. The molecule has 0 amide bonds. The molecule has 0 aliphatic rings. The Morgan fingerprint density at radius 2 is 1.96 bits per heavy atom. The van der Waals surface area contributed by atoms with Crippen molar-refractivity contribution < 1.29 is 24.2 Å². The third kappa shape index (κ3) is 6.75. The van der Waals surface area contributed by atoms with Crippen LogP contribution in [0.4, 0.5) is 0 Å². The van der Waals surface area contributed by atoms with Crippen LogP contribution in [0.25, 0.3) is 0 Å². The molecular formula is C21H28O5. The molecule has 1 rings (SSSR count). The fourth-order valence-corrected chi connectivity index (χ4v) is 2.59. The second-order valence-electron chi connectivity index (χ2n) is 6.17. The summed E-state index contributed by atoms with van der Waals surface area (Å²) in [4.78, 5) is 24.7. The summed E-state index contributed by atoms with van der Waals surface area (Å²) in [5, 5.41) is 10.3. The minimum absolute atomic E-state index is 0.00472. The van der Waals surface area contributed by atoms with Crippen LogP contribution in [0.3, 0.4) is 0 Å². The maximum absolute atomic E-state index is 12.5. The number of carbonyl (C=O) groups is 2. The topological polar surface area (TPSA) is 72.8 Å². The fraction of sp³-hybridized carbons (Fsp3) is 0.429. The number of carbonyl (C=O) groups excluding carboxylic acids is 2. The zero-order valence-corrected chi connectivity index (χ0v) is 15.6. The molecule has 0 aliphatic heterocycles. The summed E-state index contributed by atoms with van der Waals surface area (Å²) in [5.74, 6) is -0.536. The first-order valence-corrected chi connectivity index (χ1v) is 8.77. The van der Waals surface area contributed by atoms with Crippen molar-refractivity contribution in [3.05, 3.63) is 48.6 Å². The number of ketones is 1. The Kier molecular flexibility index (Phi) is 9.20. The monoisotopic (exact) mass is 360 g/mol. The largest absolute Gasteiger partial charge is 0.507 e. The van der Waals surface area contributed by atoms with E-state index < -0.39 is 5.97 Å². The molecule has 26 heavy (non-hydrogen) atoms.